The third-order valence-corrected chi connectivity index (χ3v) is 2.52. The van der Waals surface area contributed by atoms with E-state index in [-0.39, 0.29) is 5.52 Å². The lowest BCUT2D eigenvalue weighted by Gasteiger charge is -2.09. The molecule has 0 aliphatic carbocycles. The molecule has 2 aromatic heterocycles. The first-order valence-corrected chi connectivity index (χ1v) is 5.19. The van der Waals surface area contributed by atoms with Gasteiger partial charge in [0.2, 0.25) is 0 Å². The number of hydrogen-bond acceptors (Lipinski definition) is 5. The highest BCUT2D eigenvalue weighted by Crippen LogP contribution is 2.19. The molecule has 2 rings (SSSR count). The number of aromatic nitrogens is 3. The van der Waals surface area contributed by atoms with Gasteiger partial charge in [0, 0.05) is 7.05 Å². The number of carboxylic acids is 1. The molecular formula is C10H10N4O5. The lowest BCUT2D eigenvalue weighted by Crippen LogP contribution is -2.36. The second-order valence-corrected chi connectivity index (χ2v) is 3.73. The molecule has 100 valence electrons. The first-order chi connectivity index (χ1) is 8.93. The Hall–Kier alpha value is -2.84. The van der Waals surface area contributed by atoms with Crippen molar-refractivity contribution in [1.82, 2.24) is 19.7 Å². The average molecular weight is 266 g/mol. The number of nitrogens with one attached hydrogen (secondary N) is 1. The van der Waals surface area contributed by atoms with Gasteiger partial charge in [0.25, 0.3) is 11.5 Å². The quantitative estimate of drug-likeness (QED) is 0.624. The van der Waals surface area contributed by atoms with Crippen LogP contribution in [-0.2, 0) is 11.8 Å². The van der Waals surface area contributed by atoms with Gasteiger partial charge in [0.15, 0.2) is 11.3 Å². The topological polar surface area (TPSA) is 126 Å². The van der Waals surface area contributed by atoms with Gasteiger partial charge in [-0.05, 0) is 6.07 Å². The fourth-order valence-corrected chi connectivity index (χ4v) is 1.63. The number of aliphatic carboxylic acids is 1. The van der Waals surface area contributed by atoms with Crippen LogP contribution in [0.3, 0.4) is 0 Å². The van der Waals surface area contributed by atoms with Crippen molar-refractivity contribution in [3.8, 4) is 5.75 Å². The summed E-state index contributed by atoms with van der Waals surface area (Å²) in [6.07, 6.45) is 1.35. The summed E-state index contributed by atoms with van der Waals surface area (Å²) in [5.74, 6) is -2.75. The molecule has 2 heterocycles. The van der Waals surface area contributed by atoms with Crippen LogP contribution in [0.2, 0.25) is 0 Å². The van der Waals surface area contributed by atoms with Crippen LogP contribution in [0, 0.1) is 0 Å². The summed E-state index contributed by atoms with van der Waals surface area (Å²) in [4.78, 5) is 34.0. The predicted molar refractivity (Wildman–Crippen MR) is 62.1 cm³/mol. The largest absolute Gasteiger partial charge is 0.505 e. The van der Waals surface area contributed by atoms with Crippen molar-refractivity contribution in [3.05, 3.63) is 28.2 Å². The van der Waals surface area contributed by atoms with E-state index >= 15 is 0 Å². The molecule has 0 fully saturated rings. The van der Waals surface area contributed by atoms with Crippen LogP contribution in [0.1, 0.15) is 10.4 Å². The molecule has 9 nitrogen and oxygen atoms in total. The predicted octanol–water partition coefficient (Wildman–Crippen LogP) is -1.45. The maximum atomic E-state index is 11.9. The van der Waals surface area contributed by atoms with Crippen LogP contribution in [0.5, 0.6) is 5.75 Å². The van der Waals surface area contributed by atoms with Crippen LogP contribution in [0.25, 0.3) is 5.52 Å². The summed E-state index contributed by atoms with van der Waals surface area (Å²) < 4.78 is 2.16. The lowest BCUT2D eigenvalue weighted by molar-refractivity contribution is -0.135. The normalized spacial score (nSPS) is 10.6. The number of hydrogen-bond donors (Lipinski definition) is 3. The van der Waals surface area contributed by atoms with Crippen molar-refractivity contribution in [2.24, 2.45) is 7.05 Å². The molecule has 0 aliphatic heterocycles. The zero-order chi connectivity index (χ0) is 14.2. The summed E-state index contributed by atoms with van der Waals surface area (Å²) in [7, 11) is 1.37. The number of carboxylic acid groups (broad SMARTS) is 1. The number of carbonyl (C=O) groups is 2. The van der Waals surface area contributed by atoms with Crippen LogP contribution in [0.4, 0.5) is 0 Å². The van der Waals surface area contributed by atoms with Gasteiger partial charge in [-0.25, -0.2) is 4.68 Å². The summed E-state index contributed by atoms with van der Waals surface area (Å²) in [5.41, 5.74) is -1.13. The maximum Gasteiger partial charge on any atom is 0.322 e. The molecule has 0 unspecified atom stereocenters. The number of aryl methyl sites for hydroxylation is 1. The van der Waals surface area contributed by atoms with Gasteiger partial charge in [-0.15, -0.1) is 0 Å². The van der Waals surface area contributed by atoms with Crippen LogP contribution >= 0.6 is 0 Å². The van der Waals surface area contributed by atoms with E-state index in [2.05, 4.69) is 5.10 Å². The minimum Gasteiger partial charge on any atom is -0.505 e. The Labute approximate surface area is 105 Å². The van der Waals surface area contributed by atoms with E-state index in [0.717, 1.165) is 9.31 Å². The van der Waals surface area contributed by atoms with E-state index in [1.807, 2.05) is 5.32 Å². The Bertz CT molecular complexity index is 729. The summed E-state index contributed by atoms with van der Waals surface area (Å²) in [6, 6.07) is 1.42. The standard InChI is InChI=1S/C10H10N4O5/c1-13-10(19)7(9(18)11-4-6(15)16)8(17)5-2-3-12-14(5)13/h2-3,17H,4H2,1H3,(H,11,18)(H,15,16). The fourth-order valence-electron chi connectivity index (χ4n) is 1.63. The molecule has 0 saturated carbocycles. The summed E-state index contributed by atoms with van der Waals surface area (Å²) in [5, 5.41) is 24.2. The molecule has 0 bridgehead atoms. The monoisotopic (exact) mass is 266 g/mol. The van der Waals surface area contributed by atoms with Gasteiger partial charge in [0.05, 0.1) is 6.20 Å². The van der Waals surface area contributed by atoms with Crippen LogP contribution in [-0.4, -0.2) is 43.0 Å². The van der Waals surface area contributed by atoms with E-state index in [1.54, 1.807) is 0 Å². The van der Waals surface area contributed by atoms with Gasteiger partial charge in [0.1, 0.15) is 12.1 Å². The SMILES string of the molecule is Cn1c(=O)c(C(=O)NCC(=O)O)c(O)c2ccnn21. The highest BCUT2D eigenvalue weighted by atomic mass is 16.4. The number of fused-ring (bicyclic) bond motifs is 1. The molecule has 0 spiro atoms. The molecule has 0 saturated heterocycles. The van der Waals surface area contributed by atoms with Crippen LogP contribution in [0.15, 0.2) is 17.1 Å². The Morgan fingerprint density at radius 3 is 2.79 bits per heavy atom. The maximum absolute atomic E-state index is 11.9. The molecule has 3 N–H and O–H groups in total. The zero-order valence-electron chi connectivity index (χ0n) is 9.82. The Kier molecular flexibility index (Phi) is 2.95. The third-order valence-electron chi connectivity index (χ3n) is 2.52. The molecule has 9 heteroatoms. The minimum absolute atomic E-state index is 0.169. The second kappa shape index (κ2) is 4.44. The number of aromatic hydroxyl groups is 1. The highest BCUT2D eigenvalue weighted by molar-refractivity contribution is 5.99. The van der Waals surface area contributed by atoms with Gasteiger partial charge < -0.3 is 15.5 Å². The van der Waals surface area contributed by atoms with Gasteiger partial charge in [-0.2, -0.15) is 9.73 Å². The molecule has 2 aromatic rings. The number of rotatable bonds is 3. The molecule has 0 atom stereocenters. The molecule has 0 aromatic carbocycles. The number of nitrogens with zero attached hydrogens (tertiary/aromatic N) is 3. The van der Waals surface area contributed by atoms with Crippen molar-refractivity contribution < 1.29 is 19.8 Å². The van der Waals surface area contributed by atoms with E-state index in [9.17, 15) is 19.5 Å². The van der Waals surface area contributed by atoms with Gasteiger partial charge in [-0.3, -0.25) is 14.4 Å². The van der Waals surface area contributed by atoms with E-state index < -0.39 is 35.3 Å². The van der Waals surface area contributed by atoms with E-state index in [1.165, 1.54) is 19.3 Å². The zero-order valence-corrected chi connectivity index (χ0v) is 9.82. The Morgan fingerprint density at radius 2 is 2.16 bits per heavy atom. The molecule has 0 radical (unpaired) electrons. The van der Waals surface area contributed by atoms with Crippen LogP contribution < -0.4 is 10.9 Å². The molecule has 0 aliphatic rings. The van der Waals surface area contributed by atoms with E-state index in [0.29, 0.717) is 0 Å². The van der Waals surface area contributed by atoms with Crippen molar-refractivity contribution >= 4 is 17.4 Å². The van der Waals surface area contributed by atoms with Gasteiger partial charge in [-0.1, -0.05) is 0 Å². The van der Waals surface area contributed by atoms with Crippen molar-refractivity contribution in [2.45, 2.75) is 0 Å². The Balaban J connectivity index is 2.57. The fraction of sp³-hybridized carbons (Fsp3) is 0.200. The summed E-state index contributed by atoms with van der Waals surface area (Å²) in [6.45, 7) is -0.647. The number of amides is 1. The van der Waals surface area contributed by atoms with Crippen molar-refractivity contribution in [2.75, 3.05) is 6.54 Å². The molecular weight excluding hydrogens is 256 g/mol. The first-order valence-electron chi connectivity index (χ1n) is 5.19. The average Bonchev–Trinajstić information content (AvgIpc) is 2.83. The lowest BCUT2D eigenvalue weighted by atomic mass is 10.2. The summed E-state index contributed by atoms with van der Waals surface area (Å²) >= 11 is 0. The van der Waals surface area contributed by atoms with Crippen molar-refractivity contribution in [3.63, 3.8) is 0 Å². The smallest absolute Gasteiger partial charge is 0.322 e. The number of carbonyl (C=O) groups excluding carboxylic acids is 1. The molecule has 19 heavy (non-hydrogen) atoms. The van der Waals surface area contributed by atoms with Crippen molar-refractivity contribution in [1.29, 1.82) is 0 Å². The van der Waals surface area contributed by atoms with Gasteiger partial charge >= 0.3 is 5.97 Å². The second-order valence-electron chi connectivity index (χ2n) is 3.73. The first kappa shape index (κ1) is 12.6. The molecule has 1 amide bonds. The minimum atomic E-state index is -1.25. The highest BCUT2D eigenvalue weighted by Gasteiger charge is 2.21. The van der Waals surface area contributed by atoms with E-state index in [4.69, 9.17) is 5.11 Å². The third kappa shape index (κ3) is 2.01. The Morgan fingerprint density at radius 1 is 1.47 bits per heavy atom.